The summed E-state index contributed by atoms with van der Waals surface area (Å²) in [4.78, 5) is 13.8. The normalized spacial score (nSPS) is 10.7. The Labute approximate surface area is 137 Å². The van der Waals surface area contributed by atoms with E-state index in [2.05, 4.69) is 38.2 Å². The summed E-state index contributed by atoms with van der Waals surface area (Å²) in [5.41, 5.74) is 5.55. The van der Waals surface area contributed by atoms with Crippen molar-refractivity contribution >= 4 is 30.7 Å². The van der Waals surface area contributed by atoms with Gasteiger partial charge in [0.2, 0.25) is 5.91 Å². The van der Waals surface area contributed by atoms with Crippen LogP contribution in [0.25, 0.3) is 0 Å². The first-order valence-electron chi connectivity index (χ1n) is 6.99. The lowest BCUT2D eigenvalue weighted by Gasteiger charge is -2.28. The Morgan fingerprint density at radius 1 is 1.10 bits per heavy atom. The highest BCUT2D eigenvalue weighted by atomic mass is 35.5. The number of carbonyl (C=O) groups is 1. The highest BCUT2D eigenvalue weighted by Crippen LogP contribution is 2.14. The first-order chi connectivity index (χ1) is 8.37. The van der Waals surface area contributed by atoms with E-state index in [-0.39, 0.29) is 36.1 Å². The fraction of sp³-hybridized carbons (Fsp3) is 0.929. The standard InChI is InChI=1S/C14H31N3O.2ClH/c1-14(2,12-17(3)4)11-16-13(18)9-7-5-6-8-10-15;;/h5-12,15H2,1-4H3,(H,16,18);2*1H. The van der Waals surface area contributed by atoms with Crippen LogP contribution in [0.4, 0.5) is 0 Å². The number of nitrogens with zero attached hydrogens (tertiary/aromatic N) is 1. The largest absolute Gasteiger partial charge is 0.356 e. The number of hydrogen-bond acceptors (Lipinski definition) is 3. The second kappa shape index (κ2) is 13.9. The van der Waals surface area contributed by atoms with Gasteiger partial charge in [-0.25, -0.2) is 0 Å². The van der Waals surface area contributed by atoms with E-state index in [1.807, 2.05) is 0 Å². The molecule has 0 aliphatic carbocycles. The van der Waals surface area contributed by atoms with Gasteiger partial charge >= 0.3 is 0 Å². The van der Waals surface area contributed by atoms with Gasteiger partial charge < -0.3 is 16.0 Å². The van der Waals surface area contributed by atoms with Gasteiger partial charge in [0.1, 0.15) is 0 Å². The molecule has 124 valence electrons. The topological polar surface area (TPSA) is 58.4 Å². The second-order valence-corrected chi connectivity index (χ2v) is 6.13. The zero-order valence-electron chi connectivity index (χ0n) is 13.4. The van der Waals surface area contributed by atoms with Gasteiger partial charge in [0.25, 0.3) is 0 Å². The van der Waals surface area contributed by atoms with Crippen molar-refractivity contribution in [2.24, 2.45) is 11.1 Å². The van der Waals surface area contributed by atoms with E-state index in [1.165, 1.54) is 0 Å². The lowest BCUT2D eigenvalue weighted by molar-refractivity contribution is -0.121. The molecular formula is C14H33Cl2N3O. The minimum Gasteiger partial charge on any atom is -0.356 e. The van der Waals surface area contributed by atoms with E-state index < -0.39 is 0 Å². The molecule has 0 bridgehead atoms. The van der Waals surface area contributed by atoms with Crippen LogP contribution in [-0.4, -0.2) is 44.5 Å². The molecule has 0 aromatic heterocycles. The van der Waals surface area contributed by atoms with Gasteiger partial charge in [-0.2, -0.15) is 0 Å². The highest BCUT2D eigenvalue weighted by Gasteiger charge is 2.19. The molecule has 0 saturated heterocycles. The Kier molecular flexibility index (Phi) is 17.4. The molecule has 4 nitrogen and oxygen atoms in total. The van der Waals surface area contributed by atoms with Crippen LogP contribution < -0.4 is 11.1 Å². The molecule has 0 spiro atoms. The number of hydrogen-bond donors (Lipinski definition) is 2. The van der Waals surface area contributed by atoms with Gasteiger partial charge in [-0.05, 0) is 38.9 Å². The molecule has 1 amide bonds. The molecule has 20 heavy (non-hydrogen) atoms. The van der Waals surface area contributed by atoms with Crippen LogP contribution in [0.5, 0.6) is 0 Å². The Morgan fingerprint density at radius 2 is 1.65 bits per heavy atom. The van der Waals surface area contributed by atoms with Crippen molar-refractivity contribution in [3.8, 4) is 0 Å². The first kappa shape index (κ1) is 25.0. The minimum atomic E-state index is 0. The molecule has 0 saturated carbocycles. The minimum absolute atomic E-state index is 0. The summed E-state index contributed by atoms with van der Waals surface area (Å²) >= 11 is 0. The van der Waals surface area contributed by atoms with Crippen LogP contribution in [-0.2, 0) is 4.79 Å². The van der Waals surface area contributed by atoms with Crippen molar-refractivity contribution in [1.29, 1.82) is 0 Å². The molecule has 0 radical (unpaired) electrons. The summed E-state index contributed by atoms with van der Waals surface area (Å²) in [5, 5.41) is 3.03. The molecule has 0 aliphatic heterocycles. The number of nitrogens with two attached hydrogens (primary N) is 1. The summed E-state index contributed by atoms with van der Waals surface area (Å²) < 4.78 is 0. The number of carbonyl (C=O) groups excluding carboxylic acids is 1. The summed E-state index contributed by atoms with van der Waals surface area (Å²) in [5.74, 6) is 0.176. The van der Waals surface area contributed by atoms with Gasteiger partial charge in [-0.15, -0.1) is 24.8 Å². The summed E-state index contributed by atoms with van der Waals surface area (Å²) in [6.07, 6.45) is 4.92. The molecule has 0 unspecified atom stereocenters. The average Bonchev–Trinajstić information content (AvgIpc) is 2.24. The quantitative estimate of drug-likeness (QED) is 0.605. The van der Waals surface area contributed by atoms with Crippen LogP contribution in [0.2, 0.25) is 0 Å². The van der Waals surface area contributed by atoms with Gasteiger partial charge in [0.05, 0.1) is 0 Å². The van der Waals surface area contributed by atoms with Crippen molar-refractivity contribution in [2.45, 2.75) is 46.0 Å². The number of unbranched alkanes of at least 4 members (excludes halogenated alkanes) is 3. The highest BCUT2D eigenvalue weighted by molar-refractivity contribution is 5.85. The van der Waals surface area contributed by atoms with Crippen LogP contribution in [0, 0.1) is 5.41 Å². The van der Waals surface area contributed by atoms with Crippen molar-refractivity contribution in [3.63, 3.8) is 0 Å². The second-order valence-electron chi connectivity index (χ2n) is 6.13. The van der Waals surface area contributed by atoms with Crippen molar-refractivity contribution in [2.75, 3.05) is 33.7 Å². The third-order valence-electron chi connectivity index (χ3n) is 2.87. The molecule has 0 aromatic carbocycles. The van der Waals surface area contributed by atoms with Crippen LogP contribution in [0.15, 0.2) is 0 Å². The Hall–Kier alpha value is -0.0300. The van der Waals surface area contributed by atoms with E-state index in [9.17, 15) is 4.79 Å². The maximum absolute atomic E-state index is 11.7. The lowest BCUT2D eigenvalue weighted by Crippen LogP contribution is -2.39. The smallest absolute Gasteiger partial charge is 0.220 e. The molecular weight excluding hydrogens is 297 g/mol. The maximum atomic E-state index is 11.7. The van der Waals surface area contributed by atoms with E-state index >= 15 is 0 Å². The van der Waals surface area contributed by atoms with Gasteiger partial charge in [-0.3, -0.25) is 4.79 Å². The Morgan fingerprint density at radius 3 is 2.15 bits per heavy atom. The fourth-order valence-electron chi connectivity index (χ4n) is 2.12. The van der Waals surface area contributed by atoms with Crippen molar-refractivity contribution < 1.29 is 4.79 Å². The van der Waals surface area contributed by atoms with E-state index in [1.54, 1.807) is 0 Å². The summed E-state index contributed by atoms with van der Waals surface area (Å²) in [6, 6.07) is 0. The predicted molar refractivity (Wildman–Crippen MR) is 92.0 cm³/mol. The Balaban J connectivity index is -0.00000144. The zero-order valence-corrected chi connectivity index (χ0v) is 15.0. The van der Waals surface area contributed by atoms with E-state index in [0.717, 1.165) is 45.3 Å². The van der Waals surface area contributed by atoms with Gasteiger partial charge in [-0.1, -0.05) is 26.7 Å². The van der Waals surface area contributed by atoms with Crippen molar-refractivity contribution in [3.05, 3.63) is 0 Å². The molecule has 0 aromatic rings. The molecule has 0 rings (SSSR count). The average molecular weight is 330 g/mol. The number of nitrogens with one attached hydrogen (secondary N) is 1. The molecule has 6 heteroatoms. The van der Waals surface area contributed by atoms with E-state index in [4.69, 9.17) is 5.73 Å². The molecule has 0 aliphatic rings. The number of amides is 1. The number of rotatable bonds is 10. The van der Waals surface area contributed by atoms with Crippen LogP contribution in [0.3, 0.4) is 0 Å². The SMILES string of the molecule is CN(C)CC(C)(C)CNC(=O)CCCCCCN.Cl.Cl. The lowest BCUT2D eigenvalue weighted by atomic mass is 9.93. The zero-order chi connectivity index (χ0) is 14.0. The monoisotopic (exact) mass is 329 g/mol. The predicted octanol–water partition coefficient (Wildman–Crippen LogP) is 2.44. The van der Waals surface area contributed by atoms with Crippen molar-refractivity contribution in [1.82, 2.24) is 10.2 Å². The maximum Gasteiger partial charge on any atom is 0.220 e. The summed E-state index contributed by atoms with van der Waals surface area (Å²) in [7, 11) is 4.11. The molecule has 0 heterocycles. The molecule has 0 atom stereocenters. The third kappa shape index (κ3) is 16.0. The fourth-order valence-corrected chi connectivity index (χ4v) is 2.12. The van der Waals surface area contributed by atoms with Gasteiger partial charge in [0.15, 0.2) is 0 Å². The Bertz CT molecular complexity index is 236. The molecule has 3 N–H and O–H groups in total. The van der Waals surface area contributed by atoms with Gasteiger partial charge in [0, 0.05) is 19.5 Å². The van der Waals surface area contributed by atoms with Crippen LogP contribution in [0.1, 0.15) is 46.0 Å². The number of halogens is 2. The van der Waals surface area contributed by atoms with Crippen LogP contribution >= 0.6 is 24.8 Å². The third-order valence-corrected chi connectivity index (χ3v) is 2.87. The first-order valence-corrected chi connectivity index (χ1v) is 6.99. The molecule has 0 fully saturated rings. The van der Waals surface area contributed by atoms with E-state index in [0.29, 0.717) is 6.42 Å². The summed E-state index contributed by atoms with van der Waals surface area (Å²) in [6.45, 7) is 6.82.